The molecule has 0 fully saturated rings. The van der Waals surface area contributed by atoms with Crippen LogP contribution >= 0.6 is 0 Å². The van der Waals surface area contributed by atoms with E-state index >= 15 is 0 Å². The maximum absolute atomic E-state index is 13.8. The summed E-state index contributed by atoms with van der Waals surface area (Å²) < 4.78 is 16.0. The molecule has 122 valence electrons. The second kappa shape index (κ2) is 5.52. The van der Waals surface area contributed by atoms with E-state index in [9.17, 15) is 4.39 Å². The van der Waals surface area contributed by atoms with Gasteiger partial charge in [-0.05, 0) is 36.8 Å². The summed E-state index contributed by atoms with van der Waals surface area (Å²) in [4.78, 5) is 9.24. The van der Waals surface area contributed by atoms with Gasteiger partial charge in [-0.25, -0.2) is 9.37 Å². The van der Waals surface area contributed by atoms with E-state index in [0.717, 1.165) is 58.6 Å². The Bertz CT molecular complexity index is 1100. The van der Waals surface area contributed by atoms with Crippen LogP contribution in [0, 0.1) is 5.82 Å². The zero-order valence-corrected chi connectivity index (χ0v) is 13.6. The van der Waals surface area contributed by atoms with Crippen molar-refractivity contribution < 1.29 is 4.39 Å². The third-order valence-electron chi connectivity index (χ3n) is 4.80. The third kappa shape index (κ3) is 2.33. The standard InChI is InChI=1S/C21H16FN3/c22-17-6-1-4-15(13-17)20-21(25-11-3-7-19(25)24-20)16-8-9-18-14(12-16)5-2-10-23-18/h1-2,4-6,8-10,12-13H,3,7,11H2. The molecule has 1 aliphatic rings. The predicted octanol–water partition coefficient (Wildman–Crippen LogP) is 4.85. The molecule has 0 aliphatic carbocycles. The molecule has 4 aromatic rings. The van der Waals surface area contributed by atoms with Crippen molar-refractivity contribution in [2.45, 2.75) is 19.4 Å². The molecule has 0 amide bonds. The molecule has 0 bridgehead atoms. The second-order valence-electron chi connectivity index (χ2n) is 6.40. The molecule has 25 heavy (non-hydrogen) atoms. The van der Waals surface area contributed by atoms with Crippen LogP contribution in [0.3, 0.4) is 0 Å². The van der Waals surface area contributed by atoms with Gasteiger partial charge < -0.3 is 4.57 Å². The lowest BCUT2D eigenvalue weighted by Crippen LogP contribution is -1.96. The molecular formula is C21H16FN3. The number of hydrogen-bond donors (Lipinski definition) is 0. The zero-order valence-electron chi connectivity index (χ0n) is 13.6. The summed E-state index contributed by atoms with van der Waals surface area (Å²) in [5.74, 6) is 0.847. The molecular weight excluding hydrogens is 313 g/mol. The van der Waals surface area contributed by atoms with Gasteiger partial charge in [-0.15, -0.1) is 0 Å². The van der Waals surface area contributed by atoms with Crippen LogP contribution in [0.1, 0.15) is 12.2 Å². The van der Waals surface area contributed by atoms with Crippen LogP contribution < -0.4 is 0 Å². The van der Waals surface area contributed by atoms with E-state index in [1.54, 1.807) is 18.3 Å². The number of pyridine rings is 1. The summed E-state index contributed by atoms with van der Waals surface area (Å²) in [7, 11) is 0. The molecule has 0 unspecified atom stereocenters. The van der Waals surface area contributed by atoms with Crippen LogP contribution in [0.2, 0.25) is 0 Å². The number of halogens is 1. The van der Waals surface area contributed by atoms with Crippen molar-refractivity contribution in [2.24, 2.45) is 0 Å². The van der Waals surface area contributed by atoms with Crippen molar-refractivity contribution in [1.82, 2.24) is 14.5 Å². The molecule has 0 spiro atoms. The lowest BCUT2D eigenvalue weighted by molar-refractivity contribution is 0.628. The highest BCUT2D eigenvalue weighted by Gasteiger charge is 2.23. The Kier molecular flexibility index (Phi) is 3.17. The summed E-state index contributed by atoms with van der Waals surface area (Å²) in [6, 6.07) is 17.0. The number of fused-ring (bicyclic) bond motifs is 2. The highest BCUT2D eigenvalue weighted by molar-refractivity contribution is 5.87. The van der Waals surface area contributed by atoms with Crippen LogP contribution in [0.15, 0.2) is 60.8 Å². The molecule has 3 nitrogen and oxygen atoms in total. The molecule has 2 aromatic carbocycles. The minimum Gasteiger partial charge on any atom is -0.327 e. The van der Waals surface area contributed by atoms with E-state index in [4.69, 9.17) is 4.98 Å². The number of rotatable bonds is 2. The lowest BCUT2D eigenvalue weighted by atomic mass is 10.0. The van der Waals surface area contributed by atoms with Gasteiger partial charge in [0.25, 0.3) is 0 Å². The largest absolute Gasteiger partial charge is 0.327 e. The van der Waals surface area contributed by atoms with Gasteiger partial charge in [-0.3, -0.25) is 4.98 Å². The lowest BCUT2D eigenvalue weighted by Gasteiger charge is -2.10. The SMILES string of the molecule is Fc1cccc(-c2nc3n(c2-c2ccc4ncccc4c2)CCC3)c1. The summed E-state index contributed by atoms with van der Waals surface area (Å²) in [6.45, 7) is 0.956. The van der Waals surface area contributed by atoms with Crippen molar-refractivity contribution >= 4 is 10.9 Å². The van der Waals surface area contributed by atoms with Gasteiger partial charge in [0.05, 0.1) is 16.9 Å². The van der Waals surface area contributed by atoms with Crippen LogP contribution in [0.5, 0.6) is 0 Å². The van der Waals surface area contributed by atoms with Crippen LogP contribution in [-0.2, 0) is 13.0 Å². The smallest absolute Gasteiger partial charge is 0.123 e. The molecule has 0 saturated heterocycles. The van der Waals surface area contributed by atoms with Crippen LogP contribution in [-0.4, -0.2) is 14.5 Å². The quantitative estimate of drug-likeness (QED) is 0.526. The van der Waals surface area contributed by atoms with Gasteiger partial charge >= 0.3 is 0 Å². The fraction of sp³-hybridized carbons (Fsp3) is 0.143. The Hall–Kier alpha value is -3.01. The Balaban J connectivity index is 1.76. The van der Waals surface area contributed by atoms with Gasteiger partial charge in [0.15, 0.2) is 0 Å². The number of imidazole rings is 1. The molecule has 0 N–H and O–H groups in total. The molecule has 1 aliphatic heterocycles. The summed E-state index contributed by atoms with van der Waals surface area (Å²) in [6.07, 6.45) is 3.88. The third-order valence-corrected chi connectivity index (χ3v) is 4.80. The Labute approximate surface area is 144 Å². The molecule has 3 heterocycles. The van der Waals surface area contributed by atoms with E-state index in [0.29, 0.717) is 0 Å². The van der Waals surface area contributed by atoms with Gasteiger partial charge in [-0.1, -0.05) is 24.3 Å². The van der Waals surface area contributed by atoms with Gasteiger partial charge in [-0.2, -0.15) is 0 Å². The minimum absolute atomic E-state index is 0.237. The predicted molar refractivity (Wildman–Crippen MR) is 96.7 cm³/mol. The molecule has 4 heteroatoms. The number of aryl methyl sites for hydroxylation is 1. The van der Waals surface area contributed by atoms with E-state index in [1.807, 2.05) is 18.2 Å². The first kappa shape index (κ1) is 14.3. The van der Waals surface area contributed by atoms with E-state index in [1.165, 1.54) is 6.07 Å². The normalized spacial score (nSPS) is 13.3. The van der Waals surface area contributed by atoms with Gasteiger partial charge in [0, 0.05) is 35.7 Å². The van der Waals surface area contributed by atoms with Crippen LogP contribution in [0.4, 0.5) is 4.39 Å². The summed E-state index contributed by atoms with van der Waals surface area (Å²) in [5, 5.41) is 1.10. The second-order valence-corrected chi connectivity index (χ2v) is 6.40. The van der Waals surface area contributed by atoms with Gasteiger partial charge in [0.1, 0.15) is 11.6 Å². The maximum Gasteiger partial charge on any atom is 0.123 e. The summed E-state index contributed by atoms with van der Waals surface area (Å²) >= 11 is 0. The first-order valence-electron chi connectivity index (χ1n) is 8.50. The minimum atomic E-state index is -0.237. The number of aromatic nitrogens is 3. The fourth-order valence-electron chi connectivity index (χ4n) is 3.68. The van der Waals surface area contributed by atoms with Crippen molar-refractivity contribution in [2.75, 3.05) is 0 Å². The maximum atomic E-state index is 13.8. The van der Waals surface area contributed by atoms with Crippen molar-refractivity contribution in [3.63, 3.8) is 0 Å². The van der Waals surface area contributed by atoms with Crippen molar-refractivity contribution in [3.8, 4) is 22.5 Å². The first-order valence-corrected chi connectivity index (χ1v) is 8.50. The Morgan fingerprint density at radius 2 is 1.92 bits per heavy atom. The van der Waals surface area contributed by atoms with E-state index < -0.39 is 0 Å². The molecule has 5 rings (SSSR count). The molecule has 0 atom stereocenters. The average molecular weight is 329 g/mol. The number of hydrogen-bond acceptors (Lipinski definition) is 2. The Morgan fingerprint density at radius 3 is 2.84 bits per heavy atom. The Morgan fingerprint density at radius 1 is 0.960 bits per heavy atom. The van der Waals surface area contributed by atoms with Crippen molar-refractivity contribution in [3.05, 3.63) is 72.4 Å². The monoisotopic (exact) mass is 329 g/mol. The van der Waals surface area contributed by atoms with Crippen LogP contribution in [0.25, 0.3) is 33.4 Å². The number of nitrogens with zero attached hydrogens (tertiary/aromatic N) is 3. The topological polar surface area (TPSA) is 30.7 Å². The highest BCUT2D eigenvalue weighted by atomic mass is 19.1. The van der Waals surface area contributed by atoms with E-state index in [-0.39, 0.29) is 5.82 Å². The zero-order chi connectivity index (χ0) is 16.8. The summed E-state index contributed by atoms with van der Waals surface area (Å²) in [5.41, 5.74) is 4.82. The number of benzene rings is 2. The molecule has 2 aromatic heterocycles. The fourth-order valence-corrected chi connectivity index (χ4v) is 3.68. The highest BCUT2D eigenvalue weighted by Crippen LogP contribution is 2.36. The van der Waals surface area contributed by atoms with Gasteiger partial charge in [0.2, 0.25) is 0 Å². The van der Waals surface area contributed by atoms with Crippen molar-refractivity contribution in [1.29, 1.82) is 0 Å². The molecule has 0 saturated carbocycles. The first-order chi connectivity index (χ1) is 12.3. The molecule has 0 radical (unpaired) electrons. The average Bonchev–Trinajstić information content (AvgIpc) is 3.22. The van der Waals surface area contributed by atoms with E-state index in [2.05, 4.69) is 27.8 Å².